The van der Waals surface area contributed by atoms with E-state index in [1.807, 2.05) is 30.9 Å². The lowest BCUT2D eigenvalue weighted by Crippen LogP contribution is -2.48. The maximum atomic E-state index is 12.7. The molecule has 2 amide bonds. The van der Waals surface area contributed by atoms with Crippen LogP contribution >= 0.6 is 11.8 Å². The molecule has 0 aromatic heterocycles. The average molecular weight is 320 g/mol. The van der Waals surface area contributed by atoms with E-state index in [0.717, 1.165) is 16.3 Å². The molecule has 0 saturated carbocycles. The van der Waals surface area contributed by atoms with Crippen molar-refractivity contribution in [3.8, 4) is 0 Å². The number of amides is 2. The largest absolute Gasteiger partial charge is 0.372 e. The molecule has 3 rings (SSSR count). The van der Waals surface area contributed by atoms with Crippen LogP contribution in [0.25, 0.3) is 0 Å². The lowest BCUT2D eigenvalue weighted by molar-refractivity contribution is -0.115. The highest BCUT2D eigenvalue weighted by molar-refractivity contribution is 7.99. The molecule has 2 unspecified atom stereocenters. The zero-order valence-corrected chi connectivity index (χ0v) is 13.6. The summed E-state index contributed by atoms with van der Waals surface area (Å²) in [6, 6.07) is 5.56. The summed E-state index contributed by atoms with van der Waals surface area (Å²) in [6.07, 6.45) is 0.591. The highest BCUT2D eigenvalue weighted by Crippen LogP contribution is 2.32. The zero-order valence-electron chi connectivity index (χ0n) is 12.8. The number of ether oxygens (including phenoxy) is 1. The number of nitrogens with one attached hydrogen (secondary N) is 1. The summed E-state index contributed by atoms with van der Waals surface area (Å²) in [5.74, 6) is 0.766. The topological polar surface area (TPSA) is 58.6 Å². The minimum absolute atomic E-state index is 0.00414. The van der Waals surface area contributed by atoms with Gasteiger partial charge in [0.25, 0.3) is 5.91 Å². The van der Waals surface area contributed by atoms with Crippen LogP contribution in [0.2, 0.25) is 0 Å². The van der Waals surface area contributed by atoms with E-state index in [1.165, 1.54) is 0 Å². The Labute approximate surface area is 134 Å². The van der Waals surface area contributed by atoms with Gasteiger partial charge in [-0.1, -0.05) is 0 Å². The summed E-state index contributed by atoms with van der Waals surface area (Å²) in [5.41, 5.74) is 1.36. The van der Waals surface area contributed by atoms with Crippen molar-refractivity contribution in [3.05, 3.63) is 23.8 Å². The Kier molecular flexibility index (Phi) is 4.40. The molecule has 0 spiro atoms. The van der Waals surface area contributed by atoms with Gasteiger partial charge >= 0.3 is 0 Å². The Balaban J connectivity index is 1.82. The Morgan fingerprint density at radius 3 is 2.77 bits per heavy atom. The zero-order chi connectivity index (χ0) is 15.7. The summed E-state index contributed by atoms with van der Waals surface area (Å²) >= 11 is 1.64. The van der Waals surface area contributed by atoms with Gasteiger partial charge in [0.1, 0.15) is 0 Å². The molecule has 1 aromatic carbocycles. The van der Waals surface area contributed by atoms with Crippen molar-refractivity contribution in [2.75, 3.05) is 24.2 Å². The molecule has 0 aliphatic carbocycles. The molecular weight excluding hydrogens is 300 g/mol. The van der Waals surface area contributed by atoms with Gasteiger partial charge in [0.15, 0.2) is 0 Å². The van der Waals surface area contributed by atoms with E-state index >= 15 is 0 Å². The Hall–Kier alpha value is -1.53. The first-order valence-corrected chi connectivity index (χ1v) is 8.53. The van der Waals surface area contributed by atoms with Crippen LogP contribution in [0, 0.1) is 0 Å². The Morgan fingerprint density at radius 2 is 2.05 bits per heavy atom. The molecule has 1 aromatic rings. The number of thioether (sulfide) groups is 1. The van der Waals surface area contributed by atoms with E-state index in [4.69, 9.17) is 4.74 Å². The molecule has 1 saturated heterocycles. The fourth-order valence-corrected chi connectivity index (χ4v) is 3.82. The van der Waals surface area contributed by atoms with Crippen molar-refractivity contribution >= 4 is 29.3 Å². The number of carbonyl (C=O) groups excluding carboxylic acids is 2. The molecule has 6 heteroatoms. The number of fused-ring (bicyclic) bond motifs is 1. The fourth-order valence-electron chi connectivity index (χ4n) is 2.88. The molecule has 2 atom stereocenters. The maximum absolute atomic E-state index is 12.7. The van der Waals surface area contributed by atoms with Gasteiger partial charge in [-0.2, -0.15) is 0 Å². The van der Waals surface area contributed by atoms with Crippen LogP contribution in [0.15, 0.2) is 23.1 Å². The quantitative estimate of drug-likeness (QED) is 0.863. The van der Waals surface area contributed by atoms with Crippen molar-refractivity contribution in [2.45, 2.75) is 37.4 Å². The number of hydrogen-bond acceptors (Lipinski definition) is 4. The van der Waals surface area contributed by atoms with Crippen molar-refractivity contribution in [3.63, 3.8) is 0 Å². The van der Waals surface area contributed by atoms with Gasteiger partial charge in [0, 0.05) is 35.7 Å². The van der Waals surface area contributed by atoms with Crippen molar-refractivity contribution in [2.24, 2.45) is 0 Å². The second kappa shape index (κ2) is 6.30. The van der Waals surface area contributed by atoms with Crippen LogP contribution in [0.3, 0.4) is 0 Å². The van der Waals surface area contributed by atoms with E-state index in [1.54, 1.807) is 17.8 Å². The van der Waals surface area contributed by atoms with Crippen LogP contribution in [0.1, 0.15) is 30.6 Å². The number of nitrogens with zero attached hydrogens (tertiary/aromatic N) is 1. The SMILES string of the molecule is CC1CN(C(=O)c2ccc3c(c2)NC(=O)CCS3)CC(C)O1. The smallest absolute Gasteiger partial charge is 0.254 e. The van der Waals surface area contributed by atoms with Gasteiger partial charge in [-0.3, -0.25) is 9.59 Å². The molecule has 5 nitrogen and oxygen atoms in total. The van der Waals surface area contributed by atoms with E-state index in [2.05, 4.69) is 5.32 Å². The normalized spacial score (nSPS) is 25.2. The first kappa shape index (κ1) is 15.4. The highest BCUT2D eigenvalue weighted by Gasteiger charge is 2.27. The lowest BCUT2D eigenvalue weighted by Gasteiger charge is -2.35. The lowest BCUT2D eigenvalue weighted by atomic mass is 10.1. The summed E-state index contributed by atoms with van der Waals surface area (Å²) < 4.78 is 5.67. The number of carbonyl (C=O) groups is 2. The fraction of sp³-hybridized carbons (Fsp3) is 0.500. The predicted octanol–water partition coefficient (Wildman–Crippen LogP) is 2.37. The van der Waals surface area contributed by atoms with Crippen LogP contribution in [-0.4, -0.2) is 47.8 Å². The molecule has 2 aliphatic heterocycles. The first-order valence-electron chi connectivity index (χ1n) is 7.54. The predicted molar refractivity (Wildman–Crippen MR) is 86.3 cm³/mol. The summed E-state index contributed by atoms with van der Waals surface area (Å²) in [7, 11) is 0. The van der Waals surface area contributed by atoms with E-state index < -0.39 is 0 Å². The number of anilines is 1. The van der Waals surface area contributed by atoms with Gasteiger partial charge in [0.05, 0.1) is 17.9 Å². The number of rotatable bonds is 1. The van der Waals surface area contributed by atoms with E-state index in [9.17, 15) is 9.59 Å². The van der Waals surface area contributed by atoms with Crippen LogP contribution in [-0.2, 0) is 9.53 Å². The van der Waals surface area contributed by atoms with E-state index in [-0.39, 0.29) is 24.0 Å². The van der Waals surface area contributed by atoms with Crippen LogP contribution in [0.5, 0.6) is 0 Å². The third-order valence-corrected chi connectivity index (χ3v) is 4.87. The molecule has 1 N–H and O–H groups in total. The third-order valence-electron chi connectivity index (χ3n) is 3.79. The van der Waals surface area contributed by atoms with Gasteiger partial charge in [-0.05, 0) is 32.0 Å². The molecule has 2 heterocycles. The molecular formula is C16H20N2O3S. The van der Waals surface area contributed by atoms with Crippen molar-refractivity contribution in [1.29, 1.82) is 0 Å². The van der Waals surface area contributed by atoms with E-state index in [0.29, 0.717) is 25.1 Å². The van der Waals surface area contributed by atoms with Crippen molar-refractivity contribution < 1.29 is 14.3 Å². The standard InChI is InChI=1S/C16H20N2O3S/c1-10-8-18(9-11(2)21-10)16(20)12-3-4-14-13(7-12)17-15(19)5-6-22-14/h3-4,7,10-11H,5-6,8-9H2,1-2H3,(H,17,19). The second-order valence-corrected chi connectivity index (χ2v) is 6.96. The molecule has 118 valence electrons. The molecule has 1 fully saturated rings. The van der Waals surface area contributed by atoms with Crippen LogP contribution in [0.4, 0.5) is 5.69 Å². The molecule has 2 aliphatic rings. The van der Waals surface area contributed by atoms with Gasteiger partial charge < -0.3 is 15.0 Å². The van der Waals surface area contributed by atoms with Crippen LogP contribution < -0.4 is 5.32 Å². The minimum atomic E-state index is -0.00621. The molecule has 22 heavy (non-hydrogen) atoms. The summed E-state index contributed by atoms with van der Waals surface area (Å²) in [6.45, 7) is 5.15. The summed E-state index contributed by atoms with van der Waals surface area (Å²) in [4.78, 5) is 27.2. The number of hydrogen-bond donors (Lipinski definition) is 1. The summed E-state index contributed by atoms with van der Waals surface area (Å²) in [5, 5.41) is 2.88. The van der Waals surface area contributed by atoms with Gasteiger partial charge in [-0.25, -0.2) is 0 Å². The second-order valence-electron chi connectivity index (χ2n) is 5.83. The van der Waals surface area contributed by atoms with Crippen molar-refractivity contribution in [1.82, 2.24) is 4.90 Å². The first-order chi connectivity index (χ1) is 10.5. The Bertz CT molecular complexity index is 595. The third kappa shape index (κ3) is 3.28. The number of benzene rings is 1. The highest BCUT2D eigenvalue weighted by atomic mass is 32.2. The van der Waals surface area contributed by atoms with Gasteiger partial charge in [-0.15, -0.1) is 11.8 Å². The number of morpholine rings is 1. The Morgan fingerprint density at radius 1 is 1.32 bits per heavy atom. The minimum Gasteiger partial charge on any atom is -0.372 e. The average Bonchev–Trinajstić information content (AvgIpc) is 2.65. The molecule has 0 bridgehead atoms. The molecule has 0 radical (unpaired) electrons. The monoisotopic (exact) mass is 320 g/mol. The maximum Gasteiger partial charge on any atom is 0.254 e. The van der Waals surface area contributed by atoms with Gasteiger partial charge in [0.2, 0.25) is 5.91 Å².